The van der Waals surface area contributed by atoms with E-state index in [1.54, 1.807) is 0 Å². The molecule has 0 unspecified atom stereocenters. The highest BCUT2D eigenvalue weighted by atomic mass is 79.9. The molecular weight excluding hydrogens is 220 g/mol. The van der Waals surface area contributed by atoms with Gasteiger partial charge in [-0.2, -0.15) is 0 Å². The van der Waals surface area contributed by atoms with E-state index < -0.39 is 0 Å². The molecule has 0 aromatic heterocycles. The van der Waals surface area contributed by atoms with Crippen LogP contribution in [0.3, 0.4) is 0 Å². The lowest BCUT2D eigenvalue weighted by Gasteiger charge is -1.95. The van der Waals surface area contributed by atoms with E-state index in [1.807, 2.05) is 36.2 Å². The lowest BCUT2D eigenvalue weighted by atomic mass is 10.2. The van der Waals surface area contributed by atoms with E-state index in [-0.39, 0.29) is 0 Å². The van der Waals surface area contributed by atoms with Gasteiger partial charge in [0.1, 0.15) is 6.61 Å². The van der Waals surface area contributed by atoms with Crippen molar-refractivity contribution in [1.82, 2.24) is 0 Å². The van der Waals surface area contributed by atoms with E-state index in [4.69, 9.17) is 0 Å². The molecule has 0 amide bonds. The zero-order valence-electron chi connectivity index (χ0n) is 6.87. The molecule has 0 bridgehead atoms. The quantitative estimate of drug-likeness (QED) is 0.589. The van der Waals surface area contributed by atoms with E-state index in [0.29, 0.717) is 13.1 Å². The molecule has 0 aliphatic heterocycles. The first-order chi connectivity index (χ1) is 5.93. The van der Waals surface area contributed by atoms with Crippen molar-refractivity contribution in [2.24, 2.45) is 0 Å². The number of hydrogen-bond donors (Lipinski definition) is 0. The molecule has 0 saturated carbocycles. The molecule has 1 aromatic rings. The molecule has 0 heterocycles. The normalized spacial score (nSPS) is 7.83. The molecule has 12 heavy (non-hydrogen) atoms. The first kappa shape index (κ1) is 11.2. The van der Waals surface area contributed by atoms with Gasteiger partial charge in [-0.1, -0.05) is 46.3 Å². The fraction of sp³-hybridized carbons (Fsp3) is 0.222. The number of hydrogen-bond acceptors (Lipinski definition) is 2. The Morgan fingerprint density at radius 1 is 1.33 bits per heavy atom. The number of alkyl halides is 1. The summed E-state index contributed by atoms with van der Waals surface area (Å²) in [5, 5.41) is 0. The summed E-state index contributed by atoms with van der Waals surface area (Å²) in [6.45, 7) is 0.817. The van der Waals surface area contributed by atoms with Gasteiger partial charge in [0.15, 0.2) is 0 Å². The minimum absolute atomic E-state index is 0.365. The van der Waals surface area contributed by atoms with Crippen LogP contribution in [0.1, 0.15) is 5.56 Å². The third-order valence-electron chi connectivity index (χ3n) is 1.16. The summed E-state index contributed by atoms with van der Waals surface area (Å²) in [5.74, 6) is 1.81. The van der Waals surface area contributed by atoms with E-state index in [2.05, 4.69) is 20.7 Å². The van der Waals surface area contributed by atoms with E-state index in [1.165, 1.54) is 0 Å². The molecule has 3 heteroatoms. The molecule has 2 nitrogen and oxygen atoms in total. The lowest BCUT2D eigenvalue weighted by Crippen LogP contribution is -1.88. The largest absolute Gasteiger partial charge is 0.463 e. The Morgan fingerprint density at radius 3 is 2.42 bits per heavy atom. The maximum absolute atomic E-state index is 9.76. The number of carbonyl (C=O) groups is 1. The minimum atomic E-state index is 0.365. The van der Waals surface area contributed by atoms with Gasteiger partial charge in [0.2, 0.25) is 0 Å². The summed E-state index contributed by atoms with van der Waals surface area (Å²) in [7, 11) is 0. The Hall–Kier alpha value is -0.830. The van der Waals surface area contributed by atoms with Gasteiger partial charge in [-0.05, 0) is 11.4 Å². The summed E-state index contributed by atoms with van der Waals surface area (Å²) in [6, 6.07) is 9.55. The van der Waals surface area contributed by atoms with Gasteiger partial charge in [0.05, 0.1) is 0 Å². The minimum Gasteiger partial charge on any atom is -0.463 e. The third-order valence-corrected chi connectivity index (χ3v) is 1.16. The second-order valence-electron chi connectivity index (χ2n) is 1.89. The Bertz CT molecular complexity index is 199. The molecule has 0 aliphatic carbocycles. The van der Waals surface area contributed by atoms with Gasteiger partial charge in [0.25, 0.3) is 6.47 Å². The van der Waals surface area contributed by atoms with E-state index in [9.17, 15) is 4.79 Å². The van der Waals surface area contributed by atoms with Gasteiger partial charge < -0.3 is 4.74 Å². The fourth-order valence-corrected chi connectivity index (χ4v) is 0.704. The van der Waals surface area contributed by atoms with E-state index >= 15 is 0 Å². The molecule has 0 atom stereocenters. The Labute approximate surface area is 80.7 Å². The van der Waals surface area contributed by atoms with Crippen LogP contribution in [0.25, 0.3) is 0 Å². The van der Waals surface area contributed by atoms with Crippen molar-refractivity contribution < 1.29 is 9.53 Å². The lowest BCUT2D eigenvalue weighted by molar-refractivity contribution is -0.129. The summed E-state index contributed by atoms with van der Waals surface area (Å²) in [4.78, 5) is 9.76. The highest BCUT2D eigenvalue weighted by molar-refractivity contribution is 9.08. The van der Waals surface area contributed by atoms with Crippen LogP contribution in [0.5, 0.6) is 0 Å². The van der Waals surface area contributed by atoms with Crippen LogP contribution in [0, 0.1) is 0 Å². The van der Waals surface area contributed by atoms with Crippen LogP contribution in [0.15, 0.2) is 30.3 Å². The number of halogens is 1. The Kier molecular flexibility index (Phi) is 7.70. The van der Waals surface area contributed by atoms with E-state index in [0.717, 1.165) is 5.56 Å². The standard InChI is InChI=1S/C8H8O2.CH3Br/c9-7-10-6-8-4-2-1-3-5-8;1-2/h1-5,7H,6H2;1H3. The SMILES string of the molecule is CBr.O=COCc1ccccc1. The van der Waals surface area contributed by atoms with Crippen molar-refractivity contribution in [3.05, 3.63) is 35.9 Å². The molecule has 0 N–H and O–H groups in total. The smallest absolute Gasteiger partial charge is 0.293 e. The van der Waals surface area contributed by atoms with Gasteiger partial charge >= 0.3 is 0 Å². The number of rotatable bonds is 3. The first-order valence-corrected chi connectivity index (χ1v) is 4.99. The predicted molar refractivity (Wildman–Crippen MR) is 52.1 cm³/mol. The van der Waals surface area contributed by atoms with Gasteiger partial charge in [-0.25, -0.2) is 0 Å². The second-order valence-corrected chi connectivity index (χ2v) is 1.89. The van der Waals surface area contributed by atoms with Crippen molar-refractivity contribution >= 4 is 22.4 Å². The molecule has 0 spiro atoms. The first-order valence-electron chi connectivity index (χ1n) is 3.40. The average molecular weight is 231 g/mol. The number of benzene rings is 1. The molecule has 0 radical (unpaired) electrons. The summed E-state index contributed by atoms with van der Waals surface area (Å²) < 4.78 is 4.54. The molecule has 0 aliphatic rings. The van der Waals surface area contributed by atoms with Crippen molar-refractivity contribution in [2.75, 3.05) is 5.83 Å². The maximum Gasteiger partial charge on any atom is 0.293 e. The van der Waals surface area contributed by atoms with Crippen LogP contribution >= 0.6 is 15.9 Å². The highest BCUT2D eigenvalue weighted by Gasteiger charge is 1.87. The summed E-state index contributed by atoms with van der Waals surface area (Å²) in [6.07, 6.45) is 0. The van der Waals surface area contributed by atoms with Crippen LogP contribution in [-0.2, 0) is 16.1 Å². The molecule has 66 valence electrons. The molecular formula is C9H11BrO2. The van der Waals surface area contributed by atoms with Crippen LogP contribution < -0.4 is 0 Å². The molecule has 0 fully saturated rings. The van der Waals surface area contributed by atoms with Crippen molar-refractivity contribution in [3.63, 3.8) is 0 Å². The molecule has 1 rings (SSSR count). The van der Waals surface area contributed by atoms with Gasteiger partial charge in [0, 0.05) is 0 Å². The van der Waals surface area contributed by atoms with Crippen molar-refractivity contribution in [2.45, 2.75) is 6.61 Å². The predicted octanol–water partition coefficient (Wildman–Crippen LogP) is 2.37. The zero-order chi connectivity index (χ0) is 9.23. The second kappa shape index (κ2) is 8.27. The topological polar surface area (TPSA) is 26.3 Å². The summed E-state index contributed by atoms with van der Waals surface area (Å²) >= 11 is 2.94. The maximum atomic E-state index is 9.76. The van der Waals surface area contributed by atoms with Gasteiger partial charge in [-0.3, -0.25) is 4.79 Å². The number of carbonyl (C=O) groups excluding carboxylic acids is 1. The van der Waals surface area contributed by atoms with Crippen LogP contribution in [0.4, 0.5) is 0 Å². The molecule has 0 saturated heterocycles. The third kappa shape index (κ3) is 4.91. The van der Waals surface area contributed by atoms with Gasteiger partial charge in [-0.15, -0.1) is 0 Å². The van der Waals surface area contributed by atoms with Crippen molar-refractivity contribution in [1.29, 1.82) is 0 Å². The Morgan fingerprint density at radius 2 is 1.92 bits per heavy atom. The van der Waals surface area contributed by atoms with Crippen LogP contribution in [-0.4, -0.2) is 12.3 Å². The van der Waals surface area contributed by atoms with Crippen LogP contribution in [0.2, 0.25) is 0 Å². The fourth-order valence-electron chi connectivity index (χ4n) is 0.704. The zero-order valence-corrected chi connectivity index (χ0v) is 8.45. The average Bonchev–Trinajstić information content (AvgIpc) is 2.19. The Balaban J connectivity index is 0.000000561. The number of ether oxygens (including phenoxy) is 1. The monoisotopic (exact) mass is 230 g/mol. The summed E-state index contributed by atoms with van der Waals surface area (Å²) in [5.41, 5.74) is 1.01. The molecule has 1 aromatic carbocycles. The highest BCUT2D eigenvalue weighted by Crippen LogP contribution is 1.98. The van der Waals surface area contributed by atoms with Crippen molar-refractivity contribution in [3.8, 4) is 0 Å².